The Morgan fingerprint density at radius 1 is 1.10 bits per heavy atom. The van der Waals surface area contributed by atoms with Gasteiger partial charge >= 0.3 is 5.97 Å². The maximum Gasteiger partial charge on any atom is 0.307 e. The van der Waals surface area contributed by atoms with Crippen LogP contribution >= 0.6 is 0 Å². The predicted molar refractivity (Wildman–Crippen MR) is 75.8 cm³/mol. The first-order valence-electron chi connectivity index (χ1n) is 6.35. The van der Waals surface area contributed by atoms with Crippen molar-refractivity contribution in [3.05, 3.63) is 12.1 Å². The largest absolute Gasteiger partial charge is 0.493 e. The van der Waals surface area contributed by atoms with E-state index >= 15 is 0 Å². The summed E-state index contributed by atoms with van der Waals surface area (Å²) >= 11 is 0. The van der Waals surface area contributed by atoms with Gasteiger partial charge in [0.05, 0.1) is 34.4 Å². The summed E-state index contributed by atoms with van der Waals surface area (Å²) in [5.74, 6) is 1.43. The molecule has 1 aromatic rings. The minimum Gasteiger partial charge on any atom is -0.493 e. The van der Waals surface area contributed by atoms with Crippen LogP contribution in [0.15, 0.2) is 12.1 Å². The molecule has 0 spiro atoms. The maximum absolute atomic E-state index is 11.2. The fourth-order valence-corrected chi connectivity index (χ4v) is 1.73. The number of benzene rings is 1. The van der Waals surface area contributed by atoms with Crippen LogP contribution in [-0.4, -0.2) is 40.5 Å². The number of hydrogen-bond acceptors (Lipinski definition) is 6. The highest BCUT2D eigenvalue weighted by molar-refractivity contribution is 5.70. The molecule has 0 atom stereocenters. The molecule has 0 unspecified atom stereocenters. The molecule has 6 nitrogen and oxygen atoms in total. The Hall–Kier alpha value is -2.11. The third-order valence-electron chi connectivity index (χ3n) is 2.63. The summed E-state index contributed by atoms with van der Waals surface area (Å²) < 4.78 is 20.6. The van der Waals surface area contributed by atoms with Crippen LogP contribution in [0.5, 0.6) is 17.2 Å². The summed E-state index contributed by atoms with van der Waals surface area (Å²) in [6.45, 7) is 2.64. The van der Waals surface area contributed by atoms with Crippen LogP contribution in [-0.2, 0) is 9.53 Å². The molecule has 0 fully saturated rings. The second-order valence-corrected chi connectivity index (χ2v) is 3.90. The third-order valence-corrected chi connectivity index (χ3v) is 2.63. The summed E-state index contributed by atoms with van der Waals surface area (Å²) in [7, 11) is 4.66. The zero-order chi connectivity index (χ0) is 15.0. The number of carbonyl (C=O) groups is 1. The molecule has 112 valence electrons. The summed E-state index contributed by atoms with van der Waals surface area (Å²) in [5.41, 5.74) is 0.781. The van der Waals surface area contributed by atoms with Crippen molar-refractivity contribution < 1.29 is 23.7 Å². The fraction of sp³-hybridized carbons (Fsp3) is 0.500. The lowest BCUT2D eigenvalue weighted by molar-refractivity contribution is -0.142. The van der Waals surface area contributed by atoms with Gasteiger partial charge in [-0.2, -0.15) is 0 Å². The van der Waals surface area contributed by atoms with E-state index in [4.69, 9.17) is 18.9 Å². The molecule has 1 N–H and O–H groups in total. The molecule has 0 saturated heterocycles. The first kappa shape index (κ1) is 15.9. The van der Waals surface area contributed by atoms with E-state index in [2.05, 4.69) is 5.32 Å². The predicted octanol–water partition coefficient (Wildman–Crippen LogP) is 2.08. The van der Waals surface area contributed by atoms with Gasteiger partial charge in [0, 0.05) is 24.4 Å². The van der Waals surface area contributed by atoms with Crippen molar-refractivity contribution in [2.75, 3.05) is 39.8 Å². The Labute approximate surface area is 119 Å². The number of ether oxygens (including phenoxy) is 4. The number of anilines is 1. The van der Waals surface area contributed by atoms with Gasteiger partial charge in [-0.15, -0.1) is 0 Å². The highest BCUT2D eigenvalue weighted by atomic mass is 16.5. The average molecular weight is 283 g/mol. The van der Waals surface area contributed by atoms with Crippen LogP contribution in [0.4, 0.5) is 5.69 Å². The normalized spacial score (nSPS) is 9.80. The van der Waals surface area contributed by atoms with Crippen LogP contribution in [0, 0.1) is 0 Å². The second kappa shape index (κ2) is 8.14. The summed E-state index contributed by atoms with van der Waals surface area (Å²) in [6, 6.07) is 3.57. The summed E-state index contributed by atoms with van der Waals surface area (Å²) in [6.07, 6.45) is 0.296. The Balaban J connectivity index is 2.73. The maximum atomic E-state index is 11.2. The summed E-state index contributed by atoms with van der Waals surface area (Å²) in [4.78, 5) is 11.2. The van der Waals surface area contributed by atoms with Crippen molar-refractivity contribution >= 4 is 11.7 Å². The Kier molecular flexibility index (Phi) is 6.49. The van der Waals surface area contributed by atoms with Crippen molar-refractivity contribution in [1.82, 2.24) is 0 Å². The van der Waals surface area contributed by atoms with E-state index in [0.29, 0.717) is 36.8 Å². The lowest BCUT2D eigenvalue weighted by Crippen LogP contribution is -2.11. The monoisotopic (exact) mass is 283 g/mol. The first-order valence-corrected chi connectivity index (χ1v) is 6.35. The Bertz CT molecular complexity index is 422. The van der Waals surface area contributed by atoms with Gasteiger partial charge in [-0.25, -0.2) is 0 Å². The molecule has 6 heteroatoms. The van der Waals surface area contributed by atoms with Crippen LogP contribution in [0.2, 0.25) is 0 Å². The molecule has 0 saturated carbocycles. The molecular weight excluding hydrogens is 262 g/mol. The highest BCUT2D eigenvalue weighted by Gasteiger charge is 2.13. The van der Waals surface area contributed by atoms with Gasteiger partial charge in [-0.1, -0.05) is 0 Å². The van der Waals surface area contributed by atoms with E-state index in [-0.39, 0.29) is 5.97 Å². The van der Waals surface area contributed by atoms with E-state index in [9.17, 15) is 4.79 Å². The van der Waals surface area contributed by atoms with E-state index in [0.717, 1.165) is 5.69 Å². The molecule has 0 radical (unpaired) electrons. The molecule has 1 rings (SSSR count). The minimum atomic E-state index is -0.229. The zero-order valence-electron chi connectivity index (χ0n) is 12.3. The zero-order valence-corrected chi connectivity index (χ0v) is 12.3. The number of esters is 1. The van der Waals surface area contributed by atoms with Gasteiger partial charge in [0.25, 0.3) is 0 Å². The lowest BCUT2D eigenvalue weighted by atomic mass is 10.2. The van der Waals surface area contributed by atoms with Crippen LogP contribution in [0.1, 0.15) is 13.3 Å². The van der Waals surface area contributed by atoms with Crippen molar-refractivity contribution in [2.24, 2.45) is 0 Å². The topological polar surface area (TPSA) is 66.0 Å². The SMILES string of the molecule is CCOC(=O)CCNc1cc(OC)c(OC)c(OC)c1. The Morgan fingerprint density at radius 2 is 1.70 bits per heavy atom. The first-order chi connectivity index (χ1) is 9.65. The molecular formula is C14H21NO5. The Morgan fingerprint density at radius 3 is 2.15 bits per heavy atom. The van der Waals surface area contributed by atoms with Crippen molar-refractivity contribution in [3.63, 3.8) is 0 Å². The fourth-order valence-electron chi connectivity index (χ4n) is 1.73. The molecule has 1 aromatic carbocycles. The van der Waals surface area contributed by atoms with Gasteiger partial charge in [0.2, 0.25) is 5.75 Å². The van der Waals surface area contributed by atoms with E-state index < -0.39 is 0 Å². The van der Waals surface area contributed by atoms with Crippen molar-refractivity contribution in [3.8, 4) is 17.2 Å². The van der Waals surface area contributed by atoms with Gasteiger partial charge in [0.1, 0.15) is 0 Å². The van der Waals surface area contributed by atoms with Gasteiger partial charge < -0.3 is 24.3 Å². The van der Waals surface area contributed by atoms with E-state index in [1.54, 1.807) is 40.4 Å². The molecule has 0 aliphatic heterocycles. The quantitative estimate of drug-likeness (QED) is 0.737. The van der Waals surface area contributed by atoms with Crippen LogP contribution < -0.4 is 19.5 Å². The molecule has 0 amide bonds. The summed E-state index contributed by atoms with van der Waals surface area (Å²) in [5, 5.41) is 3.12. The number of nitrogens with one attached hydrogen (secondary N) is 1. The van der Waals surface area contributed by atoms with E-state index in [1.807, 2.05) is 0 Å². The molecule has 0 aliphatic rings. The van der Waals surface area contributed by atoms with Crippen molar-refractivity contribution in [2.45, 2.75) is 13.3 Å². The van der Waals surface area contributed by atoms with Gasteiger partial charge in [-0.3, -0.25) is 4.79 Å². The smallest absolute Gasteiger partial charge is 0.307 e. The number of methoxy groups -OCH3 is 3. The van der Waals surface area contributed by atoms with Gasteiger partial charge in [-0.05, 0) is 6.92 Å². The molecule has 20 heavy (non-hydrogen) atoms. The highest BCUT2D eigenvalue weighted by Crippen LogP contribution is 2.39. The average Bonchev–Trinajstić information content (AvgIpc) is 2.46. The molecule has 0 aliphatic carbocycles. The number of rotatable bonds is 8. The van der Waals surface area contributed by atoms with Gasteiger partial charge in [0.15, 0.2) is 11.5 Å². The number of hydrogen-bond donors (Lipinski definition) is 1. The van der Waals surface area contributed by atoms with E-state index in [1.165, 1.54) is 0 Å². The standard InChI is InChI=1S/C14H21NO5/c1-5-20-13(16)6-7-15-10-8-11(17-2)14(19-4)12(9-10)18-3/h8-9,15H,5-7H2,1-4H3. The third kappa shape index (κ3) is 4.22. The second-order valence-electron chi connectivity index (χ2n) is 3.90. The minimum absolute atomic E-state index is 0.229. The number of carbonyl (C=O) groups excluding carboxylic acids is 1. The molecule has 0 aromatic heterocycles. The van der Waals surface area contributed by atoms with Crippen molar-refractivity contribution in [1.29, 1.82) is 0 Å². The van der Waals surface area contributed by atoms with Crippen LogP contribution in [0.25, 0.3) is 0 Å². The molecule has 0 heterocycles. The molecule has 0 bridgehead atoms. The van der Waals surface area contributed by atoms with Crippen LogP contribution in [0.3, 0.4) is 0 Å². The lowest BCUT2D eigenvalue weighted by Gasteiger charge is -2.15.